The largest absolute Gasteiger partial charge is 0.224 e. The summed E-state index contributed by atoms with van der Waals surface area (Å²) in [6.07, 6.45) is 0. The van der Waals surface area contributed by atoms with E-state index in [0.29, 0.717) is 10.3 Å². The van der Waals surface area contributed by atoms with Crippen LogP contribution < -0.4 is 0 Å². The lowest BCUT2D eigenvalue weighted by Gasteiger charge is -2.52. The number of benzene rings is 2. The molecule has 1 aliphatic carbocycles. The zero-order valence-electron chi connectivity index (χ0n) is 16.5. The maximum absolute atomic E-state index is 6.26. The molecule has 1 saturated carbocycles. The molecule has 8 heteroatoms. The monoisotopic (exact) mass is 500 g/mol. The van der Waals surface area contributed by atoms with Gasteiger partial charge in [-0.15, -0.1) is 0 Å². The Kier molecular flexibility index (Phi) is 6.04. The van der Waals surface area contributed by atoms with Crippen molar-refractivity contribution in [1.82, 2.24) is 19.9 Å². The van der Waals surface area contributed by atoms with Crippen LogP contribution in [0.5, 0.6) is 0 Å². The lowest BCUT2D eigenvalue weighted by molar-refractivity contribution is 0.220. The summed E-state index contributed by atoms with van der Waals surface area (Å²) in [6.45, 7) is 0. The smallest absolute Gasteiger partial charge is 0.223 e. The molecule has 0 aliphatic heterocycles. The first-order chi connectivity index (χ1) is 15.5. The van der Waals surface area contributed by atoms with E-state index in [4.69, 9.17) is 46.4 Å². The molecule has 0 amide bonds. The van der Waals surface area contributed by atoms with E-state index in [-0.39, 0.29) is 34.2 Å². The Morgan fingerprint density at radius 2 is 0.844 bits per heavy atom. The number of hydrogen-bond acceptors (Lipinski definition) is 4. The van der Waals surface area contributed by atoms with Crippen LogP contribution in [-0.2, 0) is 0 Å². The van der Waals surface area contributed by atoms with Gasteiger partial charge >= 0.3 is 0 Å². The van der Waals surface area contributed by atoms with Crippen LogP contribution >= 0.6 is 46.4 Å². The number of rotatable bonds is 4. The van der Waals surface area contributed by atoms with Gasteiger partial charge in [0.1, 0.15) is 10.3 Å². The summed E-state index contributed by atoms with van der Waals surface area (Å²) in [5, 5.41) is 0.819. The minimum atomic E-state index is -0.0670. The maximum Gasteiger partial charge on any atom is 0.224 e. The Balaban J connectivity index is 1.72. The average Bonchev–Trinajstić information content (AvgIpc) is 2.73. The van der Waals surface area contributed by atoms with Crippen LogP contribution in [0.3, 0.4) is 0 Å². The molecule has 4 aromatic rings. The van der Waals surface area contributed by atoms with Crippen molar-refractivity contribution in [1.29, 1.82) is 0 Å². The summed E-state index contributed by atoms with van der Waals surface area (Å²) in [4.78, 5) is 17.1. The van der Waals surface area contributed by atoms with Crippen molar-refractivity contribution in [2.24, 2.45) is 0 Å². The standard InChI is InChI=1S/C24H16Cl4N4/c25-17-11-15(29-23(27)31-17)21-19(13-7-3-1-4-8-13)20(14-9-5-2-6-10-14)22(21)16-12-18(26)32-24(28)30-16/h1-12,19-22H/t19-,20-,21+,22+/m1/s1. The van der Waals surface area contributed by atoms with E-state index < -0.39 is 0 Å². The molecule has 0 saturated heterocycles. The number of hydrogen-bond donors (Lipinski definition) is 0. The Morgan fingerprint density at radius 3 is 1.19 bits per heavy atom. The van der Waals surface area contributed by atoms with Crippen molar-refractivity contribution in [3.05, 3.63) is 116 Å². The molecule has 1 aliphatic rings. The highest BCUT2D eigenvalue weighted by Gasteiger charge is 2.54. The van der Waals surface area contributed by atoms with E-state index in [1.54, 1.807) is 12.1 Å². The topological polar surface area (TPSA) is 51.6 Å². The molecular weight excluding hydrogens is 486 g/mol. The van der Waals surface area contributed by atoms with Crippen molar-refractivity contribution in [3.8, 4) is 0 Å². The first-order valence-corrected chi connectivity index (χ1v) is 11.5. The Morgan fingerprint density at radius 1 is 0.469 bits per heavy atom. The first-order valence-electron chi connectivity index (χ1n) is 10.0. The van der Waals surface area contributed by atoms with E-state index in [0.717, 1.165) is 11.4 Å². The molecule has 160 valence electrons. The van der Waals surface area contributed by atoms with E-state index in [2.05, 4.69) is 44.2 Å². The second-order valence-corrected chi connectivity index (χ2v) is 9.14. The van der Waals surface area contributed by atoms with Crippen molar-refractivity contribution >= 4 is 46.4 Å². The highest BCUT2D eigenvalue weighted by atomic mass is 35.5. The van der Waals surface area contributed by atoms with Crippen molar-refractivity contribution < 1.29 is 0 Å². The minimum absolute atomic E-state index is 0.0670. The molecule has 5 rings (SSSR count). The van der Waals surface area contributed by atoms with Crippen molar-refractivity contribution in [2.45, 2.75) is 23.7 Å². The number of aromatic nitrogens is 4. The first kappa shape index (κ1) is 21.6. The van der Waals surface area contributed by atoms with Gasteiger partial charge in [0.2, 0.25) is 10.6 Å². The summed E-state index contributed by atoms with van der Waals surface area (Å²) in [6, 6.07) is 24.3. The summed E-state index contributed by atoms with van der Waals surface area (Å²) in [5.74, 6) is 0.0848. The van der Waals surface area contributed by atoms with Gasteiger partial charge in [0, 0.05) is 23.7 Å². The van der Waals surface area contributed by atoms with Gasteiger partial charge in [0.05, 0.1) is 11.4 Å². The summed E-state index contributed by atoms with van der Waals surface area (Å²) in [7, 11) is 0. The molecule has 2 aromatic carbocycles. The molecule has 4 nitrogen and oxygen atoms in total. The highest BCUT2D eigenvalue weighted by Crippen LogP contribution is 2.66. The summed E-state index contributed by atoms with van der Waals surface area (Å²) < 4.78 is 0. The normalized spacial score (nSPS) is 22.4. The SMILES string of the molecule is Clc1cc([C@H]2[C@H](c3ccccc3)[C@@H](c3ccccc3)[C@@H]2c2cc(Cl)nc(Cl)n2)nc(Cl)n1. The molecule has 1 fully saturated rings. The van der Waals surface area contributed by atoms with Crippen molar-refractivity contribution in [3.63, 3.8) is 0 Å². The summed E-state index contributed by atoms with van der Waals surface area (Å²) >= 11 is 24.9. The third-order valence-electron chi connectivity index (χ3n) is 5.97. The highest BCUT2D eigenvalue weighted by molar-refractivity contribution is 6.32. The molecule has 0 unspecified atom stereocenters. The molecule has 4 atom stereocenters. The van der Waals surface area contributed by atoms with E-state index in [1.807, 2.05) is 36.4 Å². The van der Waals surface area contributed by atoms with Gasteiger partial charge in [-0.25, -0.2) is 19.9 Å². The van der Waals surface area contributed by atoms with Crippen LogP contribution in [0.1, 0.15) is 46.2 Å². The molecule has 0 spiro atoms. The maximum atomic E-state index is 6.26. The van der Waals surface area contributed by atoms with Gasteiger partial charge in [0.25, 0.3) is 0 Å². The van der Waals surface area contributed by atoms with Gasteiger partial charge < -0.3 is 0 Å². The third-order valence-corrected chi connectivity index (χ3v) is 6.70. The number of halogens is 4. The fraction of sp³-hybridized carbons (Fsp3) is 0.167. The second kappa shape index (κ2) is 8.95. The van der Waals surface area contributed by atoms with Gasteiger partial charge in [-0.1, -0.05) is 83.9 Å². The summed E-state index contributed by atoms with van der Waals surface area (Å²) in [5.41, 5.74) is 3.90. The Bertz CT molecular complexity index is 1110. The predicted molar refractivity (Wildman–Crippen MR) is 128 cm³/mol. The second-order valence-electron chi connectivity index (χ2n) is 7.69. The predicted octanol–water partition coefficient (Wildman–Crippen LogP) is 7.33. The van der Waals surface area contributed by atoms with E-state index in [9.17, 15) is 0 Å². The van der Waals surface area contributed by atoms with Gasteiger partial charge in [-0.3, -0.25) is 0 Å². The van der Waals surface area contributed by atoms with Gasteiger partial charge in [0.15, 0.2) is 0 Å². The zero-order valence-corrected chi connectivity index (χ0v) is 19.6. The zero-order chi connectivity index (χ0) is 22.2. The van der Waals surface area contributed by atoms with E-state index in [1.165, 1.54) is 11.1 Å². The van der Waals surface area contributed by atoms with Gasteiger partial charge in [-0.05, 0) is 46.5 Å². The van der Waals surface area contributed by atoms with Crippen LogP contribution in [-0.4, -0.2) is 19.9 Å². The lowest BCUT2D eigenvalue weighted by Crippen LogP contribution is -2.41. The van der Waals surface area contributed by atoms with Crippen LogP contribution in [0, 0.1) is 0 Å². The van der Waals surface area contributed by atoms with Crippen molar-refractivity contribution in [2.75, 3.05) is 0 Å². The quantitative estimate of drug-likeness (QED) is 0.217. The van der Waals surface area contributed by atoms with E-state index >= 15 is 0 Å². The molecular formula is C24H16Cl4N4. The minimum Gasteiger partial charge on any atom is -0.223 e. The third kappa shape index (κ3) is 4.08. The fourth-order valence-electron chi connectivity index (χ4n) is 4.82. The van der Waals surface area contributed by atoms with Gasteiger partial charge in [-0.2, -0.15) is 0 Å². The molecule has 0 radical (unpaired) electrons. The molecule has 2 heterocycles. The Labute approximate surface area is 205 Å². The lowest BCUT2D eigenvalue weighted by atomic mass is 9.50. The van der Waals surface area contributed by atoms with Crippen LogP contribution in [0.15, 0.2) is 72.8 Å². The van der Waals surface area contributed by atoms with Crippen LogP contribution in [0.2, 0.25) is 20.9 Å². The molecule has 0 bridgehead atoms. The Hall–Kier alpha value is -2.24. The fourth-order valence-corrected chi connectivity index (χ4v) is 5.67. The molecule has 32 heavy (non-hydrogen) atoms. The number of nitrogens with zero attached hydrogens (tertiary/aromatic N) is 4. The van der Waals surface area contributed by atoms with Crippen LogP contribution in [0.4, 0.5) is 0 Å². The average molecular weight is 502 g/mol. The molecule has 0 N–H and O–H groups in total. The molecule has 2 aromatic heterocycles. The van der Waals surface area contributed by atoms with Crippen LogP contribution in [0.25, 0.3) is 0 Å².